The van der Waals surface area contributed by atoms with Crippen LogP contribution in [0.15, 0.2) is 46.7 Å². The van der Waals surface area contributed by atoms with Gasteiger partial charge in [0.15, 0.2) is 0 Å². The summed E-state index contributed by atoms with van der Waals surface area (Å²) in [6.45, 7) is 1.99. The highest BCUT2D eigenvalue weighted by molar-refractivity contribution is 7.99. The largest absolute Gasteiger partial charge is 0.313 e. The molecule has 1 atom stereocenters. The minimum Gasteiger partial charge on any atom is -0.313 e. The molecule has 3 nitrogen and oxygen atoms in total. The lowest BCUT2D eigenvalue weighted by Crippen LogP contribution is -2.12. The van der Waals surface area contributed by atoms with Gasteiger partial charge in [0.25, 0.3) is 0 Å². The number of benzene rings is 1. The Morgan fingerprint density at radius 1 is 1.33 bits per heavy atom. The van der Waals surface area contributed by atoms with Crippen LogP contribution in [-0.2, 0) is 0 Å². The monoisotopic (exact) mass is 263 g/mol. The number of hydrogen-bond acceptors (Lipinski definition) is 4. The zero-order chi connectivity index (χ0) is 13.0. The summed E-state index contributed by atoms with van der Waals surface area (Å²) < 4.78 is 13.9. The number of aromatic nitrogens is 2. The first-order valence-electron chi connectivity index (χ1n) is 5.61. The van der Waals surface area contributed by atoms with Crippen molar-refractivity contribution in [3.05, 3.63) is 48.2 Å². The molecule has 2 aromatic rings. The lowest BCUT2D eigenvalue weighted by Gasteiger charge is -2.11. The van der Waals surface area contributed by atoms with Gasteiger partial charge in [0.1, 0.15) is 17.2 Å². The molecule has 0 fully saturated rings. The highest BCUT2D eigenvalue weighted by Gasteiger charge is 2.09. The van der Waals surface area contributed by atoms with Crippen molar-refractivity contribution in [2.75, 3.05) is 7.05 Å². The molecular formula is C13H14FN3S. The van der Waals surface area contributed by atoms with E-state index in [1.807, 2.05) is 20.0 Å². The van der Waals surface area contributed by atoms with E-state index in [9.17, 15) is 4.39 Å². The second kappa shape index (κ2) is 5.93. The molecule has 0 aliphatic carbocycles. The molecule has 0 radical (unpaired) electrons. The fourth-order valence-electron chi connectivity index (χ4n) is 1.49. The van der Waals surface area contributed by atoms with Crippen molar-refractivity contribution in [1.82, 2.24) is 15.3 Å². The van der Waals surface area contributed by atoms with E-state index in [4.69, 9.17) is 0 Å². The van der Waals surface area contributed by atoms with Gasteiger partial charge in [-0.2, -0.15) is 0 Å². The highest BCUT2D eigenvalue weighted by atomic mass is 32.2. The van der Waals surface area contributed by atoms with Crippen molar-refractivity contribution in [2.24, 2.45) is 0 Å². The van der Waals surface area contributed by atoms with E-state index in [0.717, 1.165) is 10.6 Å². The summed E-state index contributed by atoms with van der Waals surface area (Å²) in [7, 11) is 1.85. The van der Waals surface area contributed by atoms with Gasteiger partial charge in [-0.25, -0.2) is 14.4 Å². The second-order valence-electron chi connectivity index (χ2n) is 3.85. The van der Waals surface area contributed by atoms with Gasteiger partial charge in [-0.3, -0.25) is 0 Å². The zero-order valence-electron chi connectivity index (χ0n) is 10.2. The van der Waals surface area contributed by atoms with Crippen molar-refractivity contribution in [3.63, 3.8) is 0 Å². The van der Waals surface area contributed by atoms with Gasteiger partial charge < -0.3 is 5.32 Å². The maximum atomic E-state index is 13.9. The third-order valence-corrected chi connectivity index (χ3v) is 3.66. The van der Waals surface area contributed by atoms with Gasteiger partial charge in [-0.15, -0.1) is 0 Å². The molecule has 5 heteroatoms. The summed E-state index contributed by atoms with van der Waals surface area (Å²) in [6, 6.07) is 7.16. The van der Waals surface area contributed by atoms with E-state index in [0.29, 0.717) is 4.90 Å². The van der Waals surface area contributed by atoms with E-state index in [1.54, 1.807) is 24.4 Å². The molecule has 1 aromatic carbocycles. The quantitative estimate of drug-likeness (QED) is 0.860. The van der Waals surface area contributed by atoms with Crippen LogP contribution in [0.2, 0.25) is 0 Å². The molecule has 0 saturated heterocycles. The Kier molecular flexibility index (Phi) is 4.28. The summed E-state index contributed by atoms with van der Waals surface area (Å²) in [5.74, 6) is -0.224. The topological polar surface area (TPSA) is 37.8 Å². The number of nitrogens with one attached hydrogen (secondary N) is 1. The van der Waals surface area contributed by atoms with Crippen LogP contribution in [-0.4, -0.2) is 17.0 Å². The van der Waals surface area contributed by atoms with Crippen LogP contribution in [0.25, 0.3) is 0 Å². The molecule has 0 saturated carbocycles. The standard InChI is InChI=1S/C13H14FN3S/c1-9(15-2)10-3-4-12(11(14)7-10)18-13-5-6-16-8-17-13/h3-9,15H,1-2H3. The first-order chi connectivity index (χ1) is 8.70. The molecule has 0 spiro atoms. The predicted octanol–water partition coefficient (Wildman–Crippen LogP) is 3.05. The van der Waals surface area contributed by atoms with E-state index in [2.05, 4.69) is 15.3 Å². The van der Waals surface area contributed by atoms with Gasteiger partial charge in [-0.1, -0.05) is 17.8 Å². The molecule has 1 aromatic heterocycles. The van der Waals surface area contributed by atoms with Crippen LogP contribution >= 0.6 is 11.8 Å². The fourth-order valence-corrected chi connectivity index (χ4v) is 2.23. The third kappa shape index (κ3) is 3.05. The Bertz CT molecular complexity index is 519. The van der Waals surface area contributed by atoms with Gasteiger partial charge in [0.2, 0.25) is 0 Å². The molecule has 1 N–H and O–H groups in total. The summed E-state index contributed by atoms with van der Waals surface area (Å²) in [4.78, 5) is 8.46. The fraction of sp³-hybridized carbons (Fsp3) is 0.231. The molecule has 1 heterocycles. The molecule has 18 heavy (non-hydrogen) atoms. The van der Waals surface area contributed by atoms with Crippen LogP contribution in [0.5, 0.6) is 0 Å². The normalized spacial score (nSPS) is 12.4. The number of rotatable bonds is 4. The number of hydrogen-bond donors (Lipinski definition) is 1. The Labute approximate surface area is 110 Å². The van der Waals surface area contributed by atoms with E-state index < -0.39 is 0 Å². The molecule has 2 rings (SSSR count). The minimum absolute atomic E-state index is 0.137. The number of nitrogens with zero attached hydrogens (tertiary/aromatic N) is 2. The smallest absolute Gasteiger partial charge is 0.137 e. The van der Waals surface area contributed by atoms with Gasteiger partial charge >= 0.3 is 0 Å². The molecule has 0 bridgehead atoms. The van der Waals surface area contributed by atoms with Crippen molar-refractivity contribution >= 4 is 11.8 Å². The average Bonchev–Trinajstić information content (AvgIpc) is 2.41. The van der Waals surface area contributed by atoms with Crippen LogP contribution in [0.1, 0.15) is 18.5 Å². The van der Waals surface area contributed by atoms with Crippen LogP contribution in [0.3, 0.4) is 0 Å². The Morgan fingerprint density at radius 2 is 2.17 bits per heavy atom. The lowest BCUT2D eigenvalue weighted by molar-refractivity contribution is 0.587. The lowest BCUT2D eigenvalue weighted by atomic mass is 10.1. The molecule has 0 aliphatic heterocycles. The van der Waals surface area contributed by atoms with Crippen molar-refractivity contribution in [2.45, 2.75) is 22.9 Å². The average molecular weight is 263 g/mol. The van der Waals surface area contributed by atoms with E-state index in [1.165, 1.54) is 18.1 Å². The second-order valence-corrected chi connectivity index (χ2v) is 4.91. The van der Waals surface area contributed by atoms with Crippen LogP contribution in [0, 0.1) is 5.82 Å². The molecule has 1 unspecified atom stereocenters. The summed E-state index contributed by atoms with van der Waals surface area (Å²) in [5.41, 5.74) is 0.932. The maximum absolute atomic E-state index is 13.9. The zero-order valence-corrected chi connectivity index (χ0v) is 11.0. The molecule has 0 amide bonds. The van der Waals surface area contributed by atoms with Crippen molar-refractivity contribution in [1.29, 1.82) is 0 Å². The first kappa shape index (κ1) is 13.0. The van der Waals surface area contributed by atoms with E-state index >= 15 is 0 Å². The highest BCUT2D eigenvalue weighted by Crippen LogP contribution is 2.29. The van der Waals surface area contributed by atoms with Crippen LogP contribution < -0.4 is 5.32 Å². The summed E-state index contributed by atoms with van der Waals surface area (Å²) in [6.07, 6.45) is 3.10. The predicted molar refractivity (Wildman–Crippen MR) is 70.0 cm³/mol. The Hall–Kier alpha value is -1.46. The Balaban J connectivity index is 2.20. The van der Waals surface area contributed by atoms with Crippen molar-refractivity contribution < 1.29 is 4.39 Å². The molecular weight excluding hydrogens is 249 g/mol. The van der Waals surface area contributed by atoms with Gasteiger partial charge in [0.05, 0.1) is 0 Å². The SMILES string of the molecule is CNC(C)c1ccc(Sc2ccncn2)c(F)c1. The summed E-state index contributed by atoms with van der Waals surface area (Å²) in [5, 5.41) is 3.82. The first-order valence-corrected chi connectivity index (χ1v) is 6.43. The summed E-state index contributed by atoms with van der Waals surface area (Å²) >= 11 is 1.30. The number of halogens is 1. The van der Waals surface area contributed by atoms with Gasteiger partial charge in [0, 0.05) is 17.1 Å². The van der Waals surface area contributed by atoms with Crippen LogP contribution in [0.4, 0.5) is 4.39 Å². The molecule has 0 aliphatic rings. The third-order valence-electron chi connectivity index (χ3n) is 2.66. The van der Waals surface area contributed by atoms with Crippen molar-refractivity contribution in [3.8, 4) is 0 Å². The molecule has 94 valence electrons. The Morgan fingerprint density at radius 3 is 2.78 bits per heavy atom. The minimum atomic E-state index is -0.224. The van der Waals surface area contributed by atoms with Gasteiger partial charge in [-0.05, 0) is 37.7 Å². The van der Waals surface area contributed by atoms with E-state index in [-0.39, 0.29) is 11.9 Å². The maximum Gasteiger partial charge on any atom is 0.137 e.